The van der Waals surface area contributed by atoms with Crippen LogP contribution in [-0.2, 0) is 0 Å². The summed E-state index contributed by atoms with van der Waals surface area (Å²) in [5, 5.41) is 20.6. The number of benzene rings is 1. The zero-order chi connectivity index (χ0) is 9.68. The average molecular weight is 246 g/mol. The Hall–Kier alpha value is -0.580. The second-order valence-electron chi connectivity index (χ2n) is 2.72. The lowest BCUT2D eigenvalue weighted by atomic mass is 10.3. The van der Waals surface area contributed by atoms with Gasteiger partial charge in [0.1, 0.15) is 0 Å². The maximum absolute atomic E-state index is 9.05. The minimum atomic E-state index is -0.705. The van der Waals surface area contributed by atoms with Gasteiger partial charge in [-0.25, -0.2) is 0 Å². The van der Waals surface area contributed by atoms with Crippen LogP contribution in [0.3, 0.4) is 0 Å². The summed E-state index contributed by atoms with van der Waals surface area (Å²) in [5.74, 6) is 0. The van der Waals surface area contributed by atoms with Crippen molar-refractivity contribution >= 4 is 21.6 Å². The van der Waals surface area contributed by atoms with Crippen molar-refractivity contribution < 1.29 is 10.2 Å². The van der Waals surface area contributed by atoms with Crippen LogP contribution >= 0.6 is 15.9 Å². The van der Waals surface area contributed by atoms with Crippen LogP contribution in [0, 0.1) is 0 Å². The van der Waals surface area contributed by atoms with Gasteiger partial charge in [-0.3, -0.25) is 0 Å². The number of aliphatic hydroxyl groups excluding tert-OH is 2. The Morgan fingerprint density at radius 1 is 1.31 bits per heavy atom. The first kappa shape index (κ1) is 10.5. The second kappa shape index (κ2) is 5.21. The van der Waals surface area contributed by atoms with E-state index in [2.05, 4.69) is 21.2 Å². The van der Waals surface area contributed by atoms with Gasteiger partial charge in [0.25, 0.3) is 0 Å². The third kappa shape index (κ3) is 3.76. The monoisotopic (exact) mass is 245 g/mol. The Balaban J connectivity index is 2.41. The summed E-state index contributed by atoms with van der Waals surface area (Å²) in [6, 6.07) is 7.61. The molecule has 0 bridgehead atoms. The van der Waals surface area contributed by atoms with E-state index in [1.807, 2.05) is 24.3 Å². The van der Waals surface area contributed by atoms with Crippen LogP contribution in [0.1, 0.15) is 0 Å². The summed E-state index contributed by atoms with van der Waals surface area (Å²) in [4.78, 5) is 0. The minimum absolute atomic E-state index is 0.219. The van der Waals surface area contributed by atoms with Crippen LogP contribution in [0.2, 0.25) is 0 Å². The SMILES string of the molecule is OC[C@@H](O)CNc1ccc(Br)cc1. The molecule has 13 heavy (non-hydrogen) atoms. The standard InChI is InChI=1S/C9H12BrNO2/c10-7-1-3-8(4-2-7)11-5-9(13)6-12/h1-4,9,11-13H,5-6H2/t9-/m0/s1. The lowest BCUT2D eigenvalue weighted by Crippen LogP contribution is -2.22. The number of hydrogen-bond acceptors (Lipinski definition) is 3. The summed E-state index contributed by atoms with van der Waals surface area (Å²) in [6.07, 6.45) is -0.705. The molecule has 0 aliphatic heterocycles. The van der Waals surface area contributed by atoms with Crippen LogP contribution < -0.4 is 5.32 Å². The number of rotatable bonds is 4. The van der Waals surface area contributed by atoms with Crippen LogP contribution in [0.5, 0.6) is 0 Å². The molecule has 0 aromatic heterocycles. The van der Waals surface area contributed by atoms with E-state index in [-0.39, 0.29) is 6.61 Å². The molecule has 0 amide bonds. The Morgan fingerprint density at radius 2 is 1.92 bits per heavy atom. The smallest absolute Gasteiger partial charge is 0.0942 e. The Labute approximate surface area is 85.5 Å². The van der Waals surface area contributed by atoms with E-state index >= 15 is 0 Å². The number of aliphatic hydroxyl groups is 2. The van der Waals surface area contributed by atoms with E-state index in [0.717, 1.165) is 10.2 Å². The lowest BCUT2D eigenvalue weighted by Gasteiger charge is -2.09. The van der Waals surface area contributed by atoms with Gasteiger partial charge in [-0.1, -0.05) is 15.9 Å². The van der Waals surface area contributed by atoms with Crippen molar-refractivity contribution in [3.8, 4) is 0 Å². The highest BCUT2D eigenvalue weighted by Gasteiger charge is 2.00. The van der Waals surface area contributed by atoms with Crippen molar-refractivity contribution in [1.29, 1.82) is 0 Å². The molecule has 3 N–H and O–H groups in total. The third-order valence-electron chi connectivity index (χ3n) is 1.60. The van der Waals surface area contributed by atoms with Gasteiger partial charge in [-0.2, -0.15) is 0 Å². The molecule has 3 nitrogen and oxygen atoms in total. The van der Waals surface area contributed by atoms with Crippen molar-refractivity contribution in [1.82, 2.24) is 0 Å². The molecule has 4 heteroatoms. The van der Waals surface area contributed by atoms with E-state index in [0.29, 0.717) is 6.54 Å². The first-order chi connectivity index (χ1) is 6.22. The van der Waals surface area contributed by atoms with Crippen LogP contribution in [0.4, 0.5) is 5.69 Å². The quantitative estimate of drug-likeness (QED) is 0.748. The summed E-state index contributed by atoms with van der Waals surface area (Å²) < 4.78 is 1.01. The molecule has 0 saturated carbocycles. The summed E-state index contributed by atoms with van der Waals surface area (Å²) in [6.45, 7) is 0.141. The van der Waals surface area contributed by atoms with E-state index in [1.54, 1.807) is 0 Å². The van der Waals surface area contributed by atoms with Crippen molar-refractivity contribution in [2.24, 2.45) is 0 Å². The molecule has 0 spiro atoms. The molecule has 0 heterocycles. The maximum atomic E-state index is 9.05. The van der Waals surface area contributed by atoms with Gasteiger partial charge in [0.2, 0.25) is 0 Å². The predicted molar refractivity (Wildman–Crippen MR) is 55.7 cm³/mol. The number of anilines is 1. The first-order valence-electron chi connectivity index (χ1n) is 4.00. The van der Waals surface area contributed by atoms with Gasteiger partial charge in [0.15, 0.2) is 0 Å². The van der Waals surface area contributed by atoms with Gasteiger partial charge >= 0.3 is 0 Å². The summed E-state index contributed by atoms with van der Waals surface area (Å²) in [7, 11) is 0. The van der Waals surface area contributed by atoms with Gasteiger partial charge in [0.05, 0.1) is 12.7 Å². The highest BCUT2D eigenvalue weighted by molar-refractivity contribution is 9.10. The van der Waals surface area contributed by atoms with E-state index in [4.69, 9.17) is 10.2 Å². The van der Waals surface area contributed by atoms with Crippen molar-refractivity contribution in [2.45, 2.75) is 6.10 Å². The lowest BCUT2D eigenvalue weighted by molar-refractivity contribution is 0.105. The average Bonchev–Trinajstić information content (AvgIpc) is 2.16. The van der Waals surface area contributed by atoms with Crippen LogP contribution in [0.15, 0.2) is 28.7 Å². The minimum Gasteiger partial charge on any atom is -0.394 e. The largest absolute Gasteiger partial charge is 0.394 e. The Morgan fingerprint density at radius 3 is 2.46 bits per heavy atom. The normalized spacial score (nSPS) is 12.5. The molecule has 0 aliphatic rings. The molecular weight excluding hydrogens is 234 g/mol. The van der Waals surface area contributed by atoms with Crippen LogP contribution in [-0.4, -0.2) is 29.5 Å². The topological polar surface area (TPSA) is 52.5 Å². The first-order valence-corrected chi connectivity index (χ1v) is 4.80. The Kier molecular flexibility index (Phi) is 4.21. The fourth-order valence-electron chi connectivity index (χ4n) is 0.868. The number of nitrogens with one attached hydrogen (secondary N) is 1. The molecular formula is C9H12BrNO2. The molecule has 0 aliphatic carbocycles. The molecule has 1 atom stereocenters. The zero-order valence-corrected chi connectivity index (χ0v) is 8.66. The molecule has 72 valence electrons. The fourth-order valence-corrected chi connectivity index (χ4v) is 1.13. The van der Waals surface area contributed by atoms with E-state index < -0.39 is 6.10 Å². The molecule has 0 saturated heterocycles. The van der Waals surface area contributed by atoms with Gasteiger partial charge in [-0.05, 0) is 24.3 Å². The van der Waals surface area contributed by atoms with Gasteiger partial charge in [-0.15, -0.1) is 0 Å². The van der Waals surface area contributed by atoms with E-state index in [1.165, 1.54) is 0 Å². The summed E-state index contributed by atoms with van der Waals surface area (Å²) in [5.41, 5.74) is 0.927. The highest BCUT2D eigenvalue weighted by atomic mass is 79.9. The van der Waals surface area contributed by atoms with Gasteiger partial charge < -0.3 is 15.5 Å². The van der Waals surface area contributed by atoms with Gasteiger partial charge in [0, 0.05) is 16.7 Å². The molecule has 1 aromatic carbocycles. The molecule has 1 aromatic rings. The maximum Gasteiger partial charge on any atom is 0.0942 e. The Bertz CT molecular complexity index is 250. The predicted octanol–water partition coefficient (Wildman–Crippen LogP) is 1.21. The van der Waals surface area contributed by atoms with Crippen molar-refractivity contribution in [3.05, 3.63) is 28.7 Å². The van der Waals surface area contributed by atoms with Crippen LogP contribution in [0.25, 0.3) is 0 Å². The zero-order valence-electron chi connectivity index (χ0n) is 7.07. The fraction of sp³-hybridized carbons (Fsp3) is 0.333. The molecule has 0 radical (unpaired) electrons. The molecule has 0 fully saturated rings. The number of hydrogen-bond donors (Lipinski definition) is 3. The van der Waals surface area contributed by atoms with Crippen molar-refractivity contribution in [3.63, 3.8) is 0 Å². The second-order valence-corrected chi connectivity index (χ2v) is 3.64. The van der Waals surface area contributed by atoms with Crippen molar-refractivity contribution in [2.75, 3.05) is 18.5 Å². The molecule has 0 unspecified atom stereocenters. The van der Waals surface area contributed by atoms with E-state index in [9.17, 15) is 0 Å². The summed E-state index contributed by atoms with van der Waals surface area (Å²) >= 11 is 3.32. The number of halogens is 1. The third-order valence-corrected chi connectivity index (χ3v) is 2.13. The highest BCUT2D eigenvalue weighted by Crippen LogP contribution is 2.13. The molecule has 1 rings (SSSR count).